The van der Waals surface area contributed by atoms with E-state index in [0.717, 1.165) is 28.0 Å². The molecule has 5 heteroatoms. The number of para-hydroxylation sites is 2. The SMILES string of the molecule is Cc1cc(Cl)cc(C(S)c2nc3ccccc3[nH]2)c1N. The Morgan fingerprint density at radius 3 is 2.80 bits per heavy atom. The molecule has 2 aromatic carbocycles. The van der Waals surface area contributed by atoms with Gasteiger partial charge in [0.2, 0.25) is 0 Å². The van der Waals surface area contributed by atoms with Crippen LogP contribution in [0.25, 0.3) is 11.0 Å². The summed E-state index contributed by atoms with van der Waals surface area (Å²) in [5.41, 5.74) is 10.6. The Kier molecular flexibility index (Phi) is 3.36. The van der Waals surface area contributed by atoms with Gasteiger partial charge in [-0.15, -0.1) is 0 Å². The molecule has 1 unspecified atom stereocenters. The number of nitrogens with one attached hydrogen (secondary N) is 1. The summed E-state index contributed by atoms with van der Waals surface area (Å²) in [6.45, 7) is 1.93. The van der Waals surface area contributed by atoms with Gasteiger partial charge in [0.15, 0.2) is 0 Å². The molecule has 0 aliphatic rings. The molecule has 0 saturated carbocycles. The first-order valence-corrected chi connectivity index (χ1v) is 7.14. The maximum atomic E-state index is 6.13. The molecule has 1 atom stereocenters. The minimum Gasteiger partial charge on any atom is -0.398 e. The molecule has 20 heavy (non-hydrogen) atoms. The van der Waals surface area contributed by atoms with Crippen LogP contribution in [0.3, 0.4) is 0 Å². The highest BCUT2D eigenvalue weighted by molar-refractivity contribution is 7.80. The average Bonchev–Trinajstić information content (AvgIpc) is 2.86. The van der Waals surface area contributed by atoms with Crippen LogP contribution in [0.15, 0.2) is 36.4 Å². The number of hydrogen-bond acceptors (Lipinski definition) is 3. The number of benzene rings is 2. The fourth-order valence-corrected chi connectivity index (χ4v) is 2.87. The maximum absolute atomic E-state index is 6.13. The van der Waals surface area contributed by atoms with Crippen molar-refractivity contribution in [3.63, 3.8) is 0 Å². The van der Waals surface area contributed by atoms with E-state index >= 15 is 0 Å². The van der Waals surface area contributed by atoms with Gasteiger partial charge in [0.25, 0.3) is 0 Å². The molecule has 0 amide bonds. The molecule has 3 N–H and O–H groups in total. The predicted molar refractivity (Wildman–Crippen MR) is 87.5 cm³/mol. The summed E-state index contributed by atoms with van der Waals surface area (Å²) in [4.78, 5) is 7.83. The van der Waals surface area contributed by atoms with Gasteiger partial charge in [-0.05, 0) is 42.3 Å². The Morgan fingerprint density at radius 2 is 2.05 bits per heavy atom. The summed E-state index contributed by atoms with van der Waals surface area (Å²) in [5, 5.41) is 0.418. The number of aromatic nitrogens is 2. The number of nitrogens with two attached hydrogens (primary N) is 1. The molecule has 1 heterocycles. The van der Waals surface area contributed by atoms with Crippen molar-refractivity contribution in [2.24, 2.45) is 0 Å². The third-order valence-electron chi connectivity index (χ3n) is 3.34. The standard InChI is InChI=1S/C15H14ClN3S/c1-8-6-9(16)7-10(13(8)17)14(20)15-18-11-4-2-3-5-12(11)19-15/h2-7,14,20H,17H2,1H3,(H,18,19). The normalized spacial score (nSPS) is 12.8. The lowest BCUT2D eigenvalue weighted by Gasteiger charge is -2.14. The highest BCUT2D eigenvalue weighted by Gasteiger charge is 2.18. The van der Waals surface area contributed by atoms with Gasteiger partial charge in [0.05, 0.1) is 16.3 Å². The summed E-state index contributed by atoms with van der Waals surface area (Å²) >= 11 is 10.8. The zero-order chi connectivity index (χ0) is 14.3. The number of halogens is 1. The Hall–Kier alpha value is -1.65. The molecule has 0 spiro atoms. The van der Waals surface area contributed by atoms with Crippen molar-refractivity contribution in [3.8, 4) is 0 Å². The van der Waals surface area contributed by atoms with E-state index in [2.05, 4.69) is 22.6 Å². The van der Waals surface area contributed by atoms with Crippen molar-refractivity contribution < 1.29 is 0 Å². The predicted octanol–water partition coefficient (Wildman–Crippen LogP) is 4.13. The van der Waals surface area contributed by atoms with E-state index < -0.39 is 0 Å². The Bertz CT molecular complexity index is 749. The fraction of sp³-hybridized carbons (Fsp3) is 0.133. The van der Waals surface area contributed by atoms with Crippen LogP contribution in [0.5, 0.6) is 0 Å². The molecule has 0 bridgehead atoms. The number of aromatic amines is 1. The highest BCUT2D eigenvalue weighted by atomic mass is 35.5. The molecule has 0 radical (unpaired) electrons. The van der Waals surface area contributed by atoms with Crippen molar-refractivity contribution in [1.29, 1.82) is 0 Å². The van der Waals surface area contributed by atoms with Crippen molar-refractivity contribution >= 4 is 41.0 Å². The van der Waals surface area contributed by atoms with Crippen LogP contribution in [0, 0.1) is 6.92 Å². The molecule has 1 aromatic heterocycles. The van der Waals surface area contributed by atoms with Crippen LogP contribution in [-0.2, 0) is 0 Å². The van der Waals surface area contributed by atoms with Crippen LogP contribution in [0.2, 0.25) is 5.02 Å². The van der Waals surface area contributed by atoms with Crippen LogP contribution in [-0.4, -0.2) is 9.97 Å². The number of H-pyrrole nitrogens is 1. The molecule has 0 aliphatic heterocycles. The molecular weight excluding hydrogens is 290 g/mol. The number of fused-ring (bicyclic) bond motifs is 1. The number of imidazole rings is 1. The lowest BCUT2D eigenvalue weighted by Crippen LogP contribution is -2.03. The maximum Gasteiger partial charge on any atom is 0.124 e. The third kappa shape index (κ3) is 2.25. The number of rotatable bonds is 2. The summed E-state index contributed by atoms with van der Waals surface area (Å²) in [6, 6.07) is 11.6. The number of aryl methyl sites for hydroxylation is 1. The number of anilines is 1. The van der Waals surface area contributed by atoms with Gasteiger partial charge in [-0.2, -0.15) is 12.6 Å². The summed E-state index contributed by atoms with van der Waals surface area (Å²) in [7, 11) is 0. The van der Waals surface area contributed by atoms with Gasteiger partial charge >= 0.3 is 0 Å². The van der Waals surface area contributed by atoms with Gasteiger partial charge in [-0.1, -0.05) is 23.7 Å². The number of thiol groups is 1. The van der Waals surface area contributed by atoms with Crippen LogP contribution >= 0.6 is 24.2 Å². The van der Waals surface area contributed by atoms with Gasteiger partial charge in [0.1, 0.15) is 5.82 Å². The summed E-state index contributed by atoms with van der Waals surface area (Å²) in [6.07, 6.45) is 0. The third-order valence-corrected chi connectivity index (χ3v) is 4.09. The van der Waals surface area contributed by atoms with Crippen molar-refractivity contribution in [1.82, 2.24) is 9.97 Å². The van der Waals surface area contributed by atoms with Crippen molar-refractivity contribution in [2.75, 3.05) is 5.73 Å². The monoisotopic (exact) mass is 303 g/mol. The smallest absolute Gasteiger partial charge is 0.124 e. The number of nitrogens with zero attached hydrogens (tertiary/aromatic N) is 1. The minimum atomic E-state index is -0.236. The molecule has 0 fully saturated rings. The van der Waals surface area contributed by atoms with Crippen LogP contribution in [0.1, 0.15) is 22.2 Å². The van der Waals surface area contributed by atoms with Crippen molar-refractivity contribution in [3.05, 3.63) is 58.4 Å². The Morgan fingerprint density at radius 1 is 1.30 bits per heavy atom. The number of hydrogen-bond donors (Lipinski definition) is 3. The fourth-order valence-electron chi connectivity index (χ4n) is 2.26. The highest BCUT2D eigenvalue weighted by Crippen LogP contribution is 2.35. The van der Waals surface area contributed by atoms with Gasteiger partial charge in [-0.25, -0.2) is 4.98 Å². The molecule has 102 valence electrons. The molecule has 3 aromatic rings. The van der Waals surface area contributed by atoms with E-state index in [4.69, 9.17) is 17.3 Å². The van der Waals surface area contributed by atoms with Crippen LogP contribution in [0.4, 0.5) is 5.69 Å². The average molecular weight is 304 g/mol. The quantitative estimate of drug-likeness (QED) is 0.492. The number of nitrogen functional groups attached to an aromatic ring is 1. The first kappa shape index (κ1) is 13.3. The van der Waals surface area contributed by atoms with E-state index in [1.165, 1.54) is 0 Å². The summed E-state index contributed by atoms with van der Waals surface area (Å²) < 4.78 is 0. The first-order valence-electron chi connectivity index (χ1n) is 6.24. The molecular formula is C15H14ClN3S. The summed E-state index contributed by atoms with van der Waals surface area (Å²) in [5.74, 6) is 0.767. The Labute approximate surface area is 127 Å². The molecule has 3 nitrogen and oxygen atoms in total. The van der Waals surface area contributed by atoms with E-state index in [1.54, 1.807) is 0 Å². The minimum absolute atomic E-state index is 0.236. The van der Waals surface area contributed by atoms with E-state index in [9.17, 15) is 0 Å². The van der Waals surface area contributed by atoms with E-state index in [1.807, 2.05) is 43.3 Å². The van der Waals surface area contributed by atoms with Crippen molar-refractivity contribution in [2.45, 2.75) is 12.2 Å². The Balaban J connectivity index is 2.10. The lowest BCUT2D eigenvalue weighted by atomic mass is 10.0. The van der Waals surface area contributed by atoms with Gasteiger partial charge < -0.3 is 10.7 Å². The van der Waals surface area contributed by atoms with Gasteiger partial charge in [0, 0.05) is 10.7 Å². The molecule has 0 aliphatic carbocycles. The van der Waals surface area contributed by atoms with E-state index in [-0.39, 0.29) is 5.25 Å². The first-order chi connectivity index (χ1) is 9.56. The zero-order valence-electron chi connectivity index (χ0n) is 10.9. The van der Waals surface area contributed by atoms with E-state index in [0.29, 0.717) is 10.7 Å². The molecule has 0 saturated heterocycles. The second-order valence-corrected chi connectivity index (χ2v) is 5.72. The van der Waals surface area contributed by atoms with Crippen LogP contribution < -0.4 is 5.73 Å². The second-order valence-electron chi connectivity index (χ2n) is 4.77. The lowest BCUT2D eigenvalue weighted by molar-refractivity contribution is 1.02. The largest absolute Gasteiger partial charge is 0.398 e. The topological polar surface area (TPSA) is 54.7 Å². The zero-order valence-corrected chi connectivity index (χ0v) is 12.5. The second kappa shape index (κ2) is 5.04. The van der Waals surface area contributed by atoms with Gasteiger partial charge in [-0.3, -0.25) is 0 Å². The molecule has 3 rings (SSSR count).